The minimum absolute atomic E-state index is 0.00896. The van der Waals surface area contributed by atoms with Crippen LogP contribution >= 0.6 is 11.6 Å². The second-order valence-corrected chi connectivity index (χ2v) is 5.30. The maximum atomic E-state index is 12.3. The van der Waals surface area contributed by atoms with Gasteiger partial charge in [-0.15, -0.1) is 0 Å². The Kier molecular flexibility index (Phi) is 4.13. The number of carbonyl (C=O) groups excluding carboxylic acids is 1. The number of nitriles is 1. The number of benzene rings is 2. The van der Waals surface area contributed by atoms with E-state index >= 15 is 0 Å². The number of halogens is 1. The highest BCUT2D eigenvalue weighted by atomic mass is 35.5. The van der Waals surface area contributed by atoms with Crippen molar-refractivity contribution in [1.29, 1.82) is 5.26 Å². The van der Waals surface area contributed by atoms with Crippen molar-refractivity contribution in [2.45, 2.75) is 0 Å². The second-order valence-electron chi connectivity index (χ2n) is 4.89. The highest BCUT2D eigenvalue weighted by Gasteiger charge is 2.12. The molecule has 2 N–H and O–H groups in total. The Labute approximate surface area is 138 Å². The van der Waals surface area contributed by atoms with Crippen LogP contribution in [0.15, 0.2) is 60.3 Å². The van der Waals surface area contributed by atoms with Crippen LogP contribution in [0.2, 0.25) is 5.02 Å². The maximum Gasteiger partial charge on any atom is 0.266 e. The Morgan fingerprint density at radius 1 is 1.17 bits per heavy atom. The molecule has 5 heteroatoms. The van der Waals surface area contributed by atoms with E-state index in [9.17, 15) is 10.1 Å². The maximum absolute atomic E-state index is 12.3. The summed E-state index contributed by atoms with van der Waals surface area (Å²) in [6, 6.07) is 16.5. The van der Waals surface area contributed by atoms with E-state index in [1.807, 2.05) is 30.3 Å². The molecule has 0 aliphatic rings. The number of carbonyl (C=O) groups is 1. The molecule has 112 valence electrons. The van der Waals surface area contributed by atoms with Gasteiger partial charge in [-0.05, 0) is 24.3 Å². The highest BCUT2D eigenvalue weighted by Crippen LogP contribution is 2.23. The van der Waals surface area contributed by atoms with Gasteiger partial charge in [-0.1, -0.05) is 41.9 Å². The number of aromatic nitrogens is 1. The van der Waals surface area contributed by atoms with Crippen LogP contribution in [-0.4, -0.2) is 10.9 Å². The molecule has 0 saturated carbocycles. The van der Waals surface area contributed by atoms with Crippen molar-refractivity contribution in [2.24, 2.45) is 0 Å². The van der Waals surface area contributed by atoms with Crippen molar-refractivity contribution in [1.82, 2.24) is 4.98 Å². The predicted molar refractivity (Wildman–Crippen MR) is 92.0 cm³/mol. The first kappa shape index (κ1) is 14.9. The fraction of sp³-hybridized carbons (Fsp3) is 0. The Morgan fingerprint density at radius 3 is 2.70 bits per heavy atom. The molecule has 1 heterocycles. The number of para-hydroxylation sites is 2. The van der Waals surface area contributed by atoms with E-state index in [0.717, 1.165) is 16.5 Å². The molecule has 2 aromatic carbocycles. The summed E-state index contributed by atoms with van der Waals surface area (Å²) in [6.45, 7) is 0. The lowest BCUT2D eigenvalue weighted by atomic mass is 10.1. The van der Waals surface area contributed by atoms with Gasteiger partial charge in [0.05, 0.1) is 10.7 Å². The largest absolute Gasteiger partial charge is 0.361 e. The SMILES string of the molecule is N#C/C(=C\c1c[nH]c2ccccc12)C(=O)Nc1ccccc1Cl. The average molecular weight is 322 g/mol. The lowest BCUT2D eigenvalue weighted by Crippen LogP contribution is -2.13. The summed E-state index contributed by atoms with van der Waals surface area (Å²) in [7, 11) is 0. The Morgan fingerprint density at radius 2 is 1.91 bits per heavy atom. The fourth-order valence-corrected chi connectivity index (χ4v) is 2.45. The Bertz CT molecular complexity index is 950. The van der Waals surface area contributed by atoms with Crippen LogP contribution in [0.25, 0.3) is 17.0 Å². The summed E-state index contributed by atoms with van der Waals surface area (Å²) in [4.78, 5) is 15.4. The van der Waals surface area contributed by atoms with Gasteiger partial charge >= 0.3 is 0 Å². The lowest BCUT2D eigenvalue weighted by molar-refractivity contribution is -0.112. The van der Waals surface area contributed by atoms with Gasteiger partial charge in [0.15, 0.2) is 0 Å². The third-order valence-electron chi connectivity index (χ3n) is 3.41. The molecule has 1 amide bonds. The minimum Gasteiger partial charge on any atom is -0.361 e. The van der Waals surface area contributed by atoms with Crippen molar-refractivity contribution in [2.75, 3.05) is 5.32 Å². The van der Waals surface area contributed by atoms with Gasteiger partial charge in [0.1, 0.15) is 11.6 Å². The van der Waals surface area contributed by atoms with Crippen molar-refractivity contribution >= 4 is 40.2 Å². The number of nitrogens with zero attached hydrogens (tertiary/aromatic N) is 1. The Hall–Kier alpha value is -3.03. The van der Waals surface area contributed by atoms with Crippen LogP contribution in [0.4, 0.5) is 5.69 Å². The zero-order chi connectivity index (χ0) is 16.2. The number of hydrogen-bond donors (Lipinski definition) is 2. The third-order valence-corrected chi connectivity index (χ3v) is 3.74. The number of hydrogen-bond acceptors (Lipinski definition) is 2. The zero-order valence-corrected chi connectivity index (χ0v) is 12.8. The molecule has 3 aromatic rings. The van der Waals surface area contributed by atoms with E-state index in [1.165, 1.54) is 0 Å². The van der Waals surface area contributed by atoms with Crippen LogP contribution in [0.1, 0.15) is 5.56 Å². The summed E-state index contributed by atoms with van der Waals surface area (Å²) in [6.07, 6.45) is 3.33. The van der Waals surface area contributed by atoms with Gasteiger partial charge in [0, 0.05) is 22.7 Å². The monoisotopic (exact) mass is 321 g/mol. The summed E-state index contributed by atoms with van der Waals surface area (Å²) in [5.41, 5.74) is 2.21. The van der Waals surface area contributed by atoms with Crippen molar-refractivity contribution in [3.63, 3.8) is 0 Å². The van der Waals surface area contributed by atoms with Gasteiger partial charge in [-0.25, -0.2) is 0 Å². The summed E-state index contributed by atoms with van der Waals surface area (Å²) in [5.74, 6) is -0.495. The zero-order valence-electron chi connectivity index (χ0n) is 12.0. The van der Waals surface area contributed by atoms with Gasteiger partial charge in [-0.2, -0.15) is 5.26 Å². The number of nitrogens with one attached hydrogen (secondary N) is 2. The molecule has 0 aliphatic carbocycles. The molecule has 0 aliphatic heterocycles. The second kappa shape index (κ2) is 6.39. The van der Waals surface area contributed by atoms with Crippen molar-refractivity contribution < 1.29 is 4.79 Å². The van der Waals surface area contributed by atoms with Crippen molar-refractivity contribution in [3.8, 4) is 6.07 Å². The van der Waals surface area contributed by atoms with Crippen LogP contribution < -0.4 is 5.32 Å². The van der Waals surface area contributed by atoms with Gasteiger partial charge in [-0.3, -0.25) is 4.79 Å². The number of H-pyrrole nitrogens is 1. The molecule has 0 spiro atoms. The first-order valence-electron chi connectivity index (χ1n) is 6.93. The standard InChI is InChI=1S/C18H12ClN3O/c19-15-6-2-4-8-17(15)22-18(23)12(10-20)9-13-11-21-16-7-3-1-5-14(13)16/h1-9,11,21H,(H,22,23)/b12-9+. The molecule has 0 unspecified atom stereocenters. The van der Waals surface area contributed by atoms with E-state index in [4.69, 9.17) is 11.6 Å². The third kappa shape index (κ3) is 3.10. The van der Waals surface area contributed by atoms with Crippen molar-refractivity contribution in [3.05, 3.63) is 70.9 Å². The molecule has 3 rings (SSSR count). The smallest absolute Gasteiger partial charge is 0.266 e. The van der Waals surface area contributed by atoms with E-state index in [-0.39, 0.29) is 5.57 Å². The van der Waals surface area contributed by atoms with E-state index < -0.39 is 5.91 Å². The quantitative estimate of drug-likeness (QED) is 0.555. The first-order chi connectivity index (χ1) is 11.2. The molecule has 4 nitrogen and oxygen atoms in total. The fourth-order valence-electron chi connectivity index (χ4n) is 2.27. The normalized spacial score (nSPS) is 11.2. The lowest BCUT2D eigenvalue weighted by Gasteiger charge is -2.05. The Balaban J connectivity index is 1.92. The average Bonchev–Trinajstić information content (AvgIpc) is 2.97. The van der Waals surface area contributed by atoms with Crippen LogP contribution in [0.3, 0.4) is 0 Å². The summed E-state index contributed by atoms with van der Waals surface area (Å²) in [5, 5.41) is 13.3. The van der Waals surface area contributed by atoms with Crippen LogP contribution in [0, 0.1) is 11.3 Å². The molecule has 0 atom stereocenters. The molecule has 0 radical (unpaired) electrons. The van der Waals surface area contributed by atoms with Crippen LogP contribution in [-0.2, 0) is 4.79 Å². The molecule has 1 aromatic heterocycles. The number of amides is 1. The number of anilines is 1. The molecule has 23 heavy (non-hydrogen) atoms. The molecular formula is C18H12ClN3O. The predicted octanol–water partition coefficient (Wildman–Crippen LogP) is 4.37. The van der Waals surface area contributed by atoms with Crippen LogP contribution in [0.5, 0.6) is 0 Å². The van der Waals surface area contributed by atoms with Gasteiger partial charge in [0.25, 0.3) is 5.91 Å². The topological polar surface area (TPSA) is 68.7 Å². The van der Waals surface area contributed by atoms with Gasteiger partial charge < -0.3 is 10.3 Å². The number of fused-ring (bicyclic) bond motifs is 1. The molecule has 0 bridgehead atoms. The molecular weight excluding hydrogens is 310 g/mol. The number of aromatic amines is 1. The number of rotatable bonds is 3. The summed E-state index contributed by atoms with van der Waals surface area (Å²) < 4.78 is 0. The highest BCUT2D eigenvalue weighted by molar-refractivity contribution is 6.34. The van der Waals surface area contributed by atoms with E-state index in [0.29, 0.717) is 10.7 Å². The van der Waals surface area contributed by atoms with E-state index in [1.54, 1.807) is 36.5 Å². The van der Waals surface area contributed by atoms with Gasteiger partial charge in [0.2, 0.25) is 0 Å². The minimum atomic E-state index is -0.495. The molecule has 0 fully saturated rings. The van der Waals surface area contributed by atoms with E-state index in [2.05, 4.69) is 10.3 Å². The molecule has 0 saturated heterocycles. The summed E-state index contributed by atoms with van der Waals surface area (Å²) >= 11 is 6.01. The first-order valence-corrected chi connectivity index (χ1v) is 7.30.